The minimum Gasteiger partial charge on any atom is -0.383 e. The van der Waals surface area contributed by atoms with Gasteiger partial charge in [0.1, 0.15) is 5.82 Å². The average molecular weight is 268 g/mol. The lowest BCUT2D eigenvalue weighted by Crippen LogP contribution is -2.23. The molecule has 1 rings (SSSR count). The van der Waals surface area contributed by atoms with Crippen molar-refractivity contribution in [3.8, 4) is 0 Å². The van der Waals surface area contributed by atoms with Gasteiger partial charge in [0.05, 0.1) is 12.3 Å². The highest BCUT2D eigenvalue weighted by Crippen LogP contribution is 2.22. The number of benzene rings is 1. The van der Waals surface area contributed by atoms with E-state index in [0.29, 0.717) is 18.8 Å². The van der Waals surface area contributed by atoms with Crippen molar-refractivity contribution in [3.63, 3.8) is 0 Å². The van der Waals surface area contributed by atoms with Gasteiger partial charge in [0, 0.05) is 26.7 Å². The summed E-state index contributed by atoms with van der Waals surface area (Å²) in [7, 11) is 3.52. The Hall–Kier alpha value is -1.13. The molecule has 0 saturated carbocycles. The maximum atomic E-state index is 14.1. The minimum atomic E-state index is -0.179. The van der Waals surface area contributed by atoms with E-state index < -0.39 is 0 Å². The number of rotatable bonds is 8. The molecule has 0 saturated heterocycles. The highest BCUT2D eigenvalue weighted by Gasteiger charge is 2.11. The van der Waals surface area contributed by atoms with Gasteiger partial charge in [0.2, 0.25) is 0 Å². The van der Waals surface area contributed by atoms with Crippen molar-refractivity contribution in [2.45, 2.75) is 26.3 Å². The van der Waals surface area contributed by atoms with Crippen LogP contribution in [0.15, 0.2) is 18.2 Å². The van der Waals surface area contributed by atoms with Crippen LogP contribution in [0.2, 0.25) is 0 Å². The molecule has 0 aliphatic rings. The van der Waals surface area contributed by atoms with Crippen LogP contribution in [0.4, 0.5) is 10.1 Å². The summed E-state index contributed by atoms with van der Waals surface area (Å²) in [5.74, 6) is -0.179. The van der Waals surface area contributed by atoms with Crippen molar-refractivity contribution in [3.05, 3.63) is 29.6 Å². The molecule has 1 atom stereocenters. The number of nitrogens with zero attached hydrogens (tertiary/aromatic N) is 1. The smallest absolute Gasteiger partial charge is 0.146 e. The lowest BCUT2D eigenvalue weighted by Gasteiger charge is -2.21. The molecule has 1 N–H and O–H groups in total. The van der Waals surface area contributed by atoms with Crippen molar-refractivity contribution in [1.29, 1.82) is 0 Å². The molecule has 0 amide bonds. The molecule has 108 valence electrons. The first-order chi connectivity index (χ1) is 9.10. The Balaban J connectivity index is 2.73. The zero-order valence-corrected chi connectivity index (χ0v) is 12.4. The molecule has 0 aliphatic carbocycles. The first kappa shape index (κ1) is 15.9. The van der Waals surface area contributed by atoms with Crippen molar-refractivity contribution < 1.29 is 9.13 Å². The number of halogens is 1. The van der Waals surface area contributed by atoms with Gasteiger partial charge >= 0.3 is 0 Å². The van der Waals surface area contributed by atoms with Gasteiger partial charge in [-0.25, -0.2) is 4.39 Å². The Bertz CT molecular complexity index is 384. The van der Waals surface area contributed by atoms with Gasteiger partial charge in [-0.1, -0.05) is 13.0 Å². The predicted octanol–water partition coefficient (Wildman–Crippen LogP) is 2.97. The number of anilines is 1. The summed E-state index contributed by atoms with van der Waals surface area (Å²) in [6.07, 6.45) is 1.07. The van der Waals surface area contributed by atoms with Crippen LogP contribution in [0.3, 0.4) is 0 Å². The highest BCUT2D eigenvalue weighted by molar-refractivity contribution is 5.48. The summed E-state index contributed by atoms with van der Waals surface area (Å²) >= 11 is 0. The van der Waals surface area contributed by atoms with Gasteiger partial charge in [-0.3, -0.25) is 0 Å². The molecular weight excluding hydrogens is 243 g/mol. The molecular formula is C15H25FN2O. The standard InChI is InChI=1S/C15H25FN2O/c1-5-8-17-12(2)13-6-7-15(14(16)11-13)18(3)9-10-19-4/h6-7,11-12,17H,5,8-10H2,1-4H3. The Labute approximate surface area is 115 Å². The van der Waals surface area contributed by atoms with Crippen LogP contribution in [0.25, 0.3) is 0 Å². The number of hydrogen-bond donors (Lipinski definition) is 1. The van der Waals surface area contributed by atoms with Crippen LogP contribution in [0.5, 0.6) is 0 Å². The highest BCUT2D eigenvalue weighted by atomic mass is 19.1. The van der Waals surface area contributed by atoms with E-state index in [4.69, 9.17) is 4.74 Å². The van der Waals surface area contributed by atoms with E-state index in [1.165, 1.54) is 0 Å². The molecule has 1 aromatic rings. The lowest BCUT2D eigenvalue weighted by atomic mass is 10.1. The summed E-state index contributed by atoms with van der Waals surface area (Å²) in [5, 5.41) is 3.36. The maximum Gasteiger partial charge on any atom is 0.146 e. The van der Waals surface area contributed by atoms with E-state index >= 15 is 0 Å². The van der Waals surface area contributed by atoms with Crippen LogP contribution in [0.1, 0.15) is 31.9 Å². The monoisotopic (exact) mass is 268 g/mol. The van der Waals surface area contributed by atoms with Crippen molar-refractivity contribution in [2.24, 2.45) is 0 Å². The lowest BCUT2D eigenvalue weighted by molar-refractivity contribution is 0.206. The number of likely N-dealkylation sites (N-methyl/N-ethyl adjacent to an activating group) is 1. The Kier molecular flexibility index (Phi) is 6.81. The van der Waals surface area contributed by atoms with Gasteiger partial charge < -0.3 is 15.0 Å². The van der Waals surface area contributed by atoms with Crippen LogP contribution < -0.4 is 10.2 Å². The van der Waals surface area contributed by atoms with E-state index in [2.05, 4.69) is 19.2 Å². The third-order valence-electron chi connectivity index (χ3n) is 3.21. The number of nitrogens with one attached hydrogen (secondary N) is 1. The van der Waals surface area contributed by atoms with Crippen LogP contribution in [0, 0.1) is 5.82 Å². The van der Waals surface area contributed by atoms with E-state index in [-0.39, 0.29) is 11.9 Å². The topological polar surface area (TPSA) is 24.5 Å². The summed E-state index contributed by atoms with van der Waals surface area (Å²) in [6, 6.07) is 5.61. The molecule has 0 fully saturated rings. The van der Waals surface area contributed by atoms with Crippen molar-refractivity contribution in [2.75, 3.05) is 38.8 Å². The van der Waals surface area contributed by atoms with Crippen LogP contribution in [-0.4, -0.2) is 33.9 Å². The van der Waals surface area contributed by atoms with Gasteiger partial charge in [0.15, 0.2) is 0 Å². The van der Waals surface area contributed by atoms with E-state index in [0.717, 1.165) is 18.5 Å². The Morgan fingerprint density at radius 3 is 2.74 bits per heavy atom. The molecule has 0 aromatic heterocycles. The fourth-order valence-corrected chi connectivity index (χ4v) is 1.93. The number of hydrogen-bond acceptors (Lipinski definition) is 3. The van der Waals surface area contributed by atoms with Crippen molar-refractivity contribution >= 4 is 5.69 Å². The first-order valence-corrected chi connectivity index (χ1v) is 6.83. The summed E-state index contributed by atoms with van der Waals surface area (Å²) < 4.78 is 19.1. The molecule has 0 radical (unpaired) electrons. The van der Waals surface area contributed by atoms with Crippen molar-refractivity contribution in [1.82, 2.24) is 5.32 Å². The molecule has 1 unspecified atom stereocenters. The molecule has 0 aliphatic heterocycles. The zero-order chi connectivity index (χ0) is 14.3. The average Bonchev–Trinajstić information content (AvgIpc) is 2.41. The number of methoxy groups -OCH3 is 1. The summed E-state index contributed by atoms with van der Waals surface area (Å²) in [5.41, 5.74) is 1.60. The second-order valence-electron chi connectivity index (χ2n) is 4.80. The Morgan fingerprint density at radius 2 is 2.16 bits per heavy atom. The second kappa shape index (κ2) is 8.12. The fraction of sp³-hybridized carbons (Fsp3) is 0.600. The third kappa shape index (κ3) is 4.80. The molecule has 0 heterocycles. The largest absolute Gasteiger partial charge is 0.383 e. The molecule has 3 nitrogen and oxygen atoms in total. The third-order valence-corrected chi connectivity index (χ3v) is 3.21. The fourth-order valence-electron chi connectivity index (χ4n) is 1.93. The van der Waals surface area contributed by atoms with E-state index in [9.17, 15) is 4.39 Å². The summed E-state index contributed by atoms with van der Waals surface area (Å²) in [4.78, 5) is 1.87. The second-order valence-corrected chi connectivity index (χ2v) is 4.80. The molecule has 0 spiro atoms. The van der Waals surface area contributed by atoms with Gasteiger partial charge in [-0.05, 0) is 37.6 Å². The van der Waals surface area contributed by atoms with Gasteiger partial charge in [-0.2, -0.15) is 0 Å². The minimum absolute atomic E-state index is 0.174. The first-order valence-electron chi connectivity index (χ1n) is 6.83. The SMILES string of the molecule is CCCNC(C)c1ccc(N(C)CCOC)c(F)c1. The quantitative estimate of drug-likeness (QED) is 0.784. The van der Waals surface area contributed by atoms with E-state index in [1.807, 2.05) is 24.1 Å². The molecule has 4 heteroatoms. The predicted molar refractivity (Wildman–Crippen MR) is 78.3 cm³/mol. The molecule has 1 aromatic carbocycles. The molecule has 19 heavy (non-hydrogen) atoms. The Morgan fingerprint density at radius 1 is 1.42 bits per heavy atom. The zero-order valence-electron chi connectivity index (χ0n) is 12.4. The van der Waals surface area contributed by atoms with Gasteiger partial charge in [-0.15, -0.1) is 0 Å². The van der Waals surface area contributed by atoms with Gasteiger partial charge in [0.25, 0.3) is 0 Å². The summed E-state index contributed by atoms with van der Waals surface area (Å²) in [6.45, 7) is 6.38. The van der Waals surface area contributed by atoms with Crippen LogP contribution in [-0.2, 0) is 4.74 Å². The number of ether oxygens (including phenoxy) is 1. The van der Waals surface area contributed by atoms with E-state index in [1.54, 1.807) is 13.2 Å². The normalized spacial score (nSPS) is 12.5. The molecule has 0 bridgehead atoms. The van der Waals surface area contributed by atoms with Crippen LogP contribution >= 0.6 is 0 Å². The maximum absolute atomic E-state index is 14.1.